The van der Waals surface area contributed by atoms with E-state index in [0.29, 0.717) is 9.09 Å². The number of nitro groups is 1. The van der Waals surface area contributed by atoms with Crippen LogP contribution < -0.4 is 0 Å². The number of hydrogen-bond donors (Lipinski definition) is 0. The monoisotopic (exact) mass is 572 g/mol. The van der Waals surface area contributed by atoms with Crippen molar-refractivity contribution in [1.82, 2.24) is 4.90 Å². The minimum absolute atomic E-state index is 0.0682. The van der Waals surface area contributed by atoms with Gasteiger partial charge in [0.2, 0.25) is 5.91 Å². The zero-order chi connectivity index (χ0) is 27.4. The zero-order valence-electron chi connectivity index (χ0n) is 21.4. The Morgan fingerprint density at radius 3 is 2.33 bits per heavy atom. The van der Waals surface area contributed by atoms with Gasteiger partial charge in [-0.15, -0.1) is 11.8 Å². The van der Waals surface area contributed by atoms with Gasteiger partial charge < -0.3 is 9.16 Å². The molecule has 198 valence electrons. The molecule has 3 atom stereocenters. The Bertz CT molecular complexity index is 1030. The molecular weight excluding hydrogens is 541 g/mol. The number of amides is 2. The van der Waals surface area contributed by atoms with E-state index in [0.717, 1.165) is 10.7 Å². The van der Waals surface area contributed by atoms with E-state index in [4.69, 9.17) is 21.4 Å². The number of benzene rings is 1. The van der Waals surface area contributed by atoms with E-state index in [9.17, 15) is 24.5 Å². The molecule has 1 aromatic carbocycles. The first kappa shape index (κ1) is 30.4. The smallest absolute Gasteiger partial charge is 0.397 e. The first-order valence-corrected chi connectivity index (χ1v) is 16.6. The molecule has 13 heteroatoms. The average Bonchev–Trinajstić information content (AvgIpc) is 2.76. The largest absolute Gasteiger partial charge is 0.454 e. The number of esters is 1. The summed E-state index contributed by atoms with van der Waals surface area (Å²) in [7, 11) is -2.20. The predicted octanol–water partition coefficient (Wildman–Crippen LogP) is 5.13. The van der Waals surface area contributed by atoms with Crippen molar-refractivity contribution in [1.29, 1.82) is 0 Å². The summed E-state index contributed by atoms with van der Waals surface area (Å²) in [6.07, 6.45) is -0.467. The highest BCUT2D eigenvalue weighted by Gasteiger charge is 2.57. The molecule has 36 heavy (non-hydrogen) atoms. The Morgan fingerprint density at radius 2 is 1.83 bits per heavy atom. The average molecular weight is 573 g/mol. The van der Waals surface area contributed by atoms with Gasteiger partial charge in [-0.3, -0.25) is 24.6 Å². The molecule has 1 fully saturated rings. The van der Waals surface area contributed by atoms with Gasteiger partial charge in [-0.2, -0.15) is 0 Å². The van der Waals surface area contributed by atoms with Crippen LogP contribution in [-0.4, -0.2) is 56.7 Å². The van der Waals surface area contributed by atoms with Gasteiger partial charge in [-0.25, -0.2) is 4.79 Å². The lowest BCUT2D eigenvalue weighted by molar-refractivity contribution is -0.384. The number of non-ortho nitro benzene ring substituents is 1. The van der Waals surface area contributed by atoms with Gasteiger partial charge in [0.15, 0.2) is 8.32 Å². The van der Waals surface area contributed by atoms with Crippen molar-refractivity contribution in [3.63, 3.8) is 0 Å². The van der Waals surface area contributed by atoms with E-state index < -0.39 is 48.4 Å². The maximum atomic E-state index is 13.1. The van der Waals surface area contributed by atoms with E-state index in [2.05, 4.69) is 33.9 Å². The van der Waals surface area contributed by atoms with Crippen molar-refractivity contribution in [3.8, 4) is 0 Å². The lowest BCUT2D eigenvalue weighted by Crippen LogP contribution is -2.67. The van der Waals surface area contributed by atoms with Crippen LogP contribution in [0.3, 0.4) is 0 Å². The number of imide groups is 1. The number of nitrogens with zero attached hydrogens (tertiary/aromatic N) is 2. The fraction of sp³-hybridized carbons (Fsp3) is 0.565. The third kappa shape index (κ3) is 7.15. The molecule has 1 heterocycles. The van der Waals surface area contributed by atoms with Crippen LogP contribution >= 0.6 is 35.7 Å². The number of carbonyl (C=O) groups is 3. The van der Waals surface area contributed by atoms with Crippen molar-refractivity contribution in [2.75, 3.05) is 5.75 Å². The molecular formula is C23H32N2O7S3Si. The normalized spacial score (nSPS) is 18.9. The summed E-state index contributed by atoms with van der Waals surface area (Å²) >= 11 is 8.03. The van der Waals surface area contributed by atoms with E-state index in [1.165, 1.54) is 47.8 Å². The molecule has 0 bridgehead atoms. The Labute approximate surface area is 226 Å². The van der Waals surface area contributed by atoms with E-state index in [1.807, 2.05) is 13.8 Å². The first-order chi connectivity index (χ1) is 16.6. The quantitative estimate of drug-likeness (QED) is 0.0789. The van der Waals surface area contributed by atoms with E-state index in [1.54, 1.807) is 0 Å². The first-order valence-electron chi connectivity index (χ1n) is 11.4. The molecule has 1 aliphatic heterocycles. The van der Waals surface area contributed by atoms with Gasteiger partial charge in [0.05, 0.1) is 16.9 Å². The van der Waals surface area contributed by atoms with E-state index >= 15 is 0 Å². The summed E-state index contributed by atoms with van der Waals surface area (Å²) in [5.41, 5.74) is 0.366. The third-order valence-electron chi connectivity index (χ3n) is 6.27. The van der Waals surface area contributed by atoms with Crippen LogP contribution in [0.25, 0.3) is 0 Å². The summed E-state index contributed by atoms with van der Waals surface area (Å²) in [4.78, 5) is 49.7. The molecule has 0 saturated carbocycles. The summed E-state index contributed by atoms with van der Waals surface area (Å²) in [5, 5.41) is 10.0. The number of β-lactam (4-membered cyclic amide) rings is 1. The van der Waals surface area contributed by atoms with Crippen LogP contribution in [0.15, 0.2) is 24.3 Å². The van der Waals surface area contributed by atoms with Crippen molar-refractivity contribution in [2.45, 2.75) is 70.8 Å². The second-order valence-electron chi connectivity index (χ2n) is 9.81. The van der Waals surface area contributed by atoms with Gasteiger partial charge in [-0.1, -0.05) is 51.7 Å². The number of nitro benzene ring substituents is 1. The molecule has 1 aromatic rings. The SMILES string of the molecule is CCSC(=S)S[C@@H]1[C@H](C(C)O[Si](C)(C)C(C)(C)C)C(=O)N1C(=O)C(=O)OCc1ccc([N+](=O)[O-])cc1. The highest BCUT2D eigenvalue weighted by atomic mass is 32.2. The topological polar surface area (TPSA) is 116 Å². The van der Waals surface area contributed by atoms with Crippen molar-refractivity contribution in [3.05, 3.63) is 39.9 Å². The fourth-order valence-corrected chi connectivity index (χ4v) is 7.47. The summed E-state index contributed by atoms with van der Waals surface area (Å²) < 4.78 is 12.1. The minimum atomic E-state index is -2.20. The van der Waals surface area contributed by atoms with Gasteiger partial charge >= 0.3 is 11.9 Å². The number of ether oxygens (including phenoxy) is 1. The van der Waals surface area contributed by atoms with Gasteiger partial charge in [0.25, 0.3) is 5.69 Å². The van der Waals surface area contributed by atoms with Crippen molar-refractivity contribution < 1.29 is 28.5 Å². The van der Waals surface area contributed by atoms with Crippen LogP contribution in [0.1, 0.15) is 40.2 Å². The Hall–Kier alpha value is -1.80. The molecule has 1 unspecified atom stereocenters. The van der Waals surface area contributed by atoms with Crippen LogP contribution in [0.2, 0.25) is 18.1 Å². The summed E-state index contributed by atoms with van der Waals surface area (Å²) in [5.74, 6) is -2.65. The maximum absolute atomic E-state index is 13.1. The third-order valence-corrected chi connectivity index (χ3v) is 13.6. The maximum Gasteiger partial charge on any atom is 0.397 e. The number of thioether (sulfide) groups is 2. The molecule has 1 aliphatic rings. The van der Waals surface area contributed by atoms with Crippen molar-refractivity contribution >= 4 is 71.1 Å². The van der Waals surface area contributed by atoms with Crippen LogP contribution in [-0.2, 0) is 30.2 Å². The Kier molecular flexibility index (Phi) is 10.3. The second kappa shape index (κ2) is 12.2. The molecule has 0 radical (unpaired) electrons. The highest BCUT2D eigenvalue weighted by molar-refractivity contribution is 8.47. The number of rotatable bonds is 8. The lowest BCUT2D eigenvalue weighted by atomic mass is 9.92. The lowest BCUT2D eigenvalue weighted by Gasteiger charge is -2.49. The summed E-state index contributed by atoms with van der Waals surface area (Å²) in [6.45, 7) is 14.0. The van der Waals surface area contributed by atoms with Gasteiger partial charge in [-0.05, 0) is 48.5 Å². The van der Waals surface area contributed by atoms with Gasteiger partial charge in [0.1, 0.15) is 15.5 Å². The predicted molar refractivity (Wildman–Crippen MR) is 148 cm³/mol. The molecule has 2 amide bonds. The van der Waals surface area contributed by atoms with Crippen molar-refractivity contribution in [2.24, 2.45) is 5.92 Å². The minimum Gasteiger partial charge on any atom is -0.454 e. The zero-order valence-corrected chi connectivity index (χ0v) is 24.9. The van der Waals surface area contributed by atoms with Crippen LogP contribution in [0.4, 0.5) is 5.69 Å². The number of thiocarbonyl (C=S) groups is 1. The molecule has 0 N–H and O–H groups in total. The summed E-state index contributed by atoms with van der Waals surface area (Å²) in [6, 6.07) is 5.41. The number of carbonyl (C=O) groups excluding carboxylic acids is 3. The number of hydrogen-bond acceptors (Lipinski definition) is 10. The fourth-order valence-electron chi connectivity index (χ4n) is 3.25. The van der Waals surface area contributed by atoms with Gasteiger partial charge in [0, 0.05) is 12.1 Å². The van der Waals surface area contributed by atoms with Crippen LogP contribution in [0, 0.1) is 16.0 Å². The van der Waals surface area contributed by atoms with Crippen LogP contribution in [0.5, 0.6) is 0 Å². The molecule has 2 rings (SSSR count). The standard InChI is InChI=1S/C23H32N2O7S3Si/c1-8-34-22(33)35-20-17(14(2)32-36(6,7)23(3,4)5)18(26)24(20)19(27)21(28)31-13-15-9-11-16(12-10-15)25(29)30/h9-12,14,17,20H,8,13H2,1-7H3/t14?,17-,20-/m1/s1. The Morgan fingerprint density at radius 1 is 1.25 bits per heavy atom. The molecule has 9 nitrogen and oxygen atoms in total. The number of likely N-dealkylation sites (tertiary alicyclic amines) is 1. The molecule has 0 aliphatic carbocycles. The Balaban J connectivity index is 2.14. The molecule has 1 saturated heterocycles. The molecule has 0 aromatic heterocycles. The highest BCUT2D eigenvalue weighted by Crippen LogP contribution is 2.44. The molecule has 0 spiro atoms. The van der Waals surface area contributed by atoms with E-state index in [-0.39, 0.29) is 17.3 Å². The second-order valence-corrected chi connectivity index (χ2v) is 18.2.